The van der Waals surface area contributed by atoms with E-state index in [1.54, 1.807) is 13.0 Å². The number of hydrogen-bond donors (Lipinski definition) is 1. The number of rotatable bonds is 6. The molecule has 3 rings (SSSR count). The summed E-state index contributed by atoms with van der Waals surface area (Å²) < 4.78 is 5.49. The normalized spacial score (nSPS) is 10.3. The SMILES string of the molecule is Cc1c(OCC(=O)Nc2ccccc2-c2ccccc2)cccc1[N+](=O)[O-]. The van der Waals surface area contributed by atoms with Gasteiger partial charge in [0.15, 0.2) is 6.61 Å². The minimum absolute atomic E-state index is 0.0395. The molecule has 0 saturated heterocycles. The van der Waals surface area contributed by atoms with Crippen molar-refractivity contribution in [3.63, 3.8) is 0 Å². The molecule has 0 aliphatic heterocycles. The molecule has 136 valence electrons. The van der Waals surface area contributed by atoms with E-state index in [0.717, 1.165) is 11.1 Å². The summed E-state index contributed by atoms with van der Waals surface area (Å²) in [6, 6.07) is 21.8. The Balaban J connectivity index is 1.71. The molecule has 3 aromatic rings. The zero-order valence-electron chi connectivity index (χ0n) is 14.7. The van der Waals surface area contributed by atoms with Gasteiger partial charge in [0.25, 0.3) is 11.6 Å². The molecule has 1 N–H and O–H groups in total. The summed E-state index contributed by atoms with van der Waals surface area (Å²) in [5.41, 5.74) is 2.91. The van der Waals surface area contributed by atoms with E-state index in [4.69, 9.17) is 4.74 Å². The topological polar surface area (TPSA) is 81.5 Å². The predicted octanol–water partition coefficient (Wildman–Crippen LogP) is 4.59. The van der Waals surface area contributed by atoms with Crippen LogP contribution in [-0.2, 0) is 4.79 Å². The third kappa shape index (κ3) is 4.30. The molecule has 0 unspecified atom stereocenters. The summed E-state index contributed by atoms with van der Waals surface area (Å²) >= 11 is 0. The molecular weight excluding hydrogens is 344 g/mol. The van der Waals surface area contributed by atoms with Crippen molar-refractivity contribution in [2.75, 3.05) is 11.9 Å². The van der Waals surface area contributed by atoms with Crippen molar-refractivity contribution >= 4 is 17.3 Å². The molecule has 6 nitrogen and oxygen atoms in total. The lowest BCUT2D eigenvalue weighted by atomic mass is 10.0. The zero-order chi connectivity index (χ0) is 19.2. The average molecular weight is 362 g/mol. The van der Waals surface area contributed by atoms with E-state index in [9.17, 15) is 14.9 Å². The van der Waals surface area contributed by atoms with Crippen LogP contribution in [0.15, 0.2) is 72.8 Å². The average Bonchev–Trinajstić information content (AvgIpc) is 2.68. The van der Waals surface area contributed by atoms with Gasteiger partial charge in [-0.05, 0) is 24.6 Å². The van der Waals surface area contributed by atoms with Crippen LogP contribution < -0.4 is 10.1 Å². The van der Waals surface area contributed by atoms with E-state index in [-0.39, 0.29) is 18.2 Å². The number of ether oxygens (including phenoxy) is 1. The van der Waals surface area contributed by atoms with Crippen LogP contribution in [0.25, 0.3) is 11.1 Å². The van der Waals surface area contributed by atoms with Crippen LogP contribution in [0.5, 0.6) is 5.75 Å². The van der Waals surface area contributed by atoms with Gasteiger partial charge in [-0.1, -0.05) is 54.6 Å². The van der Waals surface area contributed by atoms with Crippen LogP contribution in [0.4, 0.5) is 11.4 Å². The molecule has 3 aromatic carbocycles. The van der Waals surface area contributed by atoms with Crippen molar-refractivity contribution in [2.45, 2.75) is 6.92 Å². The number of nitro groups is 1. The monoisotopic (exact) mass is 362 g/mol. The van der Waals surface area contributed by atoms with Gasteiger partial charge in [-0.3, -0.25) is 14.9 Å². The maximum absolute atomic E-state index is 12.3. The van der Waals surface area contributed by atoms with Crippen LogP contribution in [0.2, 0.25) is 0 Å². The van der Waals surface area contributed by atoms with Crippen LogP contribution in [0.1, 0.15) is 5.56 Å². The summed E-state index contributed by atoms with van der Waals surface area (Å²) in [6.07, 6.45) is 0. The van der Waals surface area contributed by atoms with E-state index in [1.807, 2.05) is 54.6 Å². The van der Waals surface area contributed by atoms with Gasteiger partial charge in [-0.2, -0.15) is 0 Å². The zero-order valence-corrected chi connectivity index (χ0v) is 14.7. The predicted molar refractivity (Wildman–Crippen MR) is 104 cm³/mol. The van der Waals surface area contributed by atoms with Gasteiger partial charge in [0.2, 0.25) is 0 Å². The Morgan fingerprint density at radius 2 is 1.70 bits per heavy atom. The molecule has 0 aromatic heterocycles. The summed E-state index contributed by atoms with van der Waals surface area (Å²) in [5.74, 6) is -0.0278. The molecule has 0 bridgehead atoms. The molecule has 0 radical (unpaired) electrons. The first kappa shape index (κ1) is 18.1. The van der Waals surface area contributed by atoms with E-state index in [2.05, 4.69) is 5.32 Å². The Hall–Kier alpha value is -3.67. The molecule has 0 aliphatic carbocycles. The molecule has 0 fully saturated rings. The number of nitrogens with one attached hydrogen (secondary N) is 1. The van der Waals surface area contributed by atoms with Gasteiger partial charge in [0.05, 0.1) is 10.5 Å². The highest BCUT2D eigenvalue weighted by molar-refractivity contribution is 5.96. The number of benzene rings is 3. The number of anilines is 1. The third-order valence-electron chi connectivity index (χ3n) is 4.10. The van der Waals surface area contributed by atoms with Gasteiger partial charge in [-0.25, -0.2) is 0 Å². The number of nitrogens with zero attached hydrogens (tertiary/aromatic N) is 1. The third-order valence-corrected chi connectivity index (χ3v) is 4.10. The van der Waals surface area contributed by atoms with Gasteiger partial charge < -0.3 is 10.1 Å². The summed E-state index contributed by atoms with van der Waals surface area (Å²) in [4.78, 5) is 22.9. The molecule has 0 saturated carbocycles. The Morgan fingerprint density at radius 1 is 1.00 bits per heavy atom. The van der Waals surface area contributed by atoms with E-state index in [1.165, 1.54) is 12.1 Å². The quantitative estimate of drug-likeness (QED) is 0.514. The van der Waals surface area contributed by atoms with Crippen LogP contribution in [-0.4, -0.2) is 17.4 Å². The Morgan fingerprint density at radius 3 is 2.44 bits per heavy atom. The number of carbonyl (C=O) groups is 1. The highest BCUT2D eigenvalue weighted by Gasteiger charge is 2.15. The minimum atomic E-state index is -0.474. The molecule has 0 aliphatic rings. The maximum Gasteiger partial charge on any atom is 0.276 e. The lowest BCUT2D eigenvalue weighted by Crippen LogP contribution is -2.20. The van der Waals surface area contributed by atoms with Crippen LogP contribution in [0, 0.1) is 17.0 Å². The van der Waals surface area contributed by atoms with Crippen molar-refractivity contribution in [3.05, 3.63) is 88.5 Å². The molecule has 0 atom stereocenters. The van der Waals surface area contributed by atoms with Crippen molar-refractivity contribution in [1.29, 1.82) is 0 Å². The molecule has 1 amide bonds. The fourth-order valence-corrected chi connectivity index (χ4v) is 2.75. The van der Waals surface area contributed by atoms with E-state index >= 15 is 0 Å². The fourth-order valence-electron chi connectivity index (χ4n) is 2.75. The first-order chi connectivity index (χ1) is 13.1. The largest absolute Gasteiger partial charge is 0.483 e. The number of nitro benzene ring substituents is 1. The lowest BCUT2D eigenvalue weighted by Gasteiger charge is -2.12. The van der Waals surface area contributed by atoms with E-state index < -0.39 is 4.92 Å². The second-order valence-corrected chi connectivity index (χ2v) is 5.91. The fraction of sp³-hybridized carbons (Fsp3) is 0.0952. The van der Waals surface area contributed by atoms with Crippen LogP contribution >= 0.6 is 0 Å². The first-order valence-corrected chi connectivity index (χ1v) is 8.37. The summed E-state index contributed by atoms with van der Waals surface area (Å²) in [7, 11) is 0. The number of carbonyl (C=O) groups excluding carboxylic acids is 1. The number of hydrogen-bond acceptors (Lipinski definition) is 4. The highest BCUT2D eigenvalue weighted by Crippen LogP contribution is 2.28. The number of amides is 1. The van der Waals surface area contributed by atoms with Gasteiger partial charge >= 0.3 is 0 Å². The first-order valence-electron chi connectivity index (χ1n) is 8.37. The highest BCUT2D eigenvalue weighted by atomic mass is 16.6. The standard InChI is InChI=1S/C21H18N2O4/c1-15-19(23(25)26)12-7-13-20(15)27-14-21(24)22-18-11-6-5-10-17(18)16-8-3-2-4-9-16/h2-13H,14H2,1H3,(H,22,24). The minimum Gasteiger partial charge on any atom is -0.483 e. The maximum atomic E-state index is 12.3. The second-order valence-electron chi connectivity index (χ2n) is 5.91. The van der Waals surface area contributed by atoms with Crippen molar-refractivity contribution in [3.8, 4) is 16.9 Å². The molecule has 6 heteroatoms. The Bertz CT molecular complexity index is 971. The summed E-state index contributed by atoms with van der Waals surface area (Å²) in [6.45, 7) is 1.35. The van der Waals surface area contributed by atoms with Gasteiger partial charge in [0, 0.05) is 17.3 Å². The second kappa shape index (κ2) is 8.14. The smallest absolute Gasteiger partial charge is 0.276 e. The molecular formula is C21H18N2O4. The molecule has 0 spiro atoms. The van der Waals surface area contributed by atoms with Crippen molar-refractivity contribution in [1.82, 2.24) is 0 Å². The van der Waals surface area contributed by atoms with Crippen molar-refractivity contribution in [2.24, 2.45) is 0 Å². The van der Waals surface area contributed by atoms with Crippen molar-refractivity contribution < 1.29 is 14.5 Å². The van der Waals surface area contributed by atoms with E-state index in [0.29, 0.717) is 17.0 Å². The number of para-hydroxylation sites is 1. The Labute approximate surface area is 156 Å². The molecule has 27 heavy (non-hydrogen) atoms. The molecule has 0 heterocycles. The summed E-state index contributed by atoms with van der Waals surface area (Å²) in [5, 5.41) is 13.8. The lowest BCUT2D eigenvalue weighted by molar-refractivity contribution is -0.385. The van der Waals surface area contributed by atoms with Gasteiger partial charge in [0.1, 0.15) is 5.75 Å². The van der Waals surface area contributed by atoms with Gasteiger partial charge in [-0.15, -0.1) is 0 Å². The van der Waals surface area contributed by atoms with Crippen LogP contribution in [0.3, 0.4) is 0 Å². The Kier molecular flexibility index (Phi) is 5.47.